The van der Waals surface area contributed by atoms with Gasteiger partial charge in [-0.15, -0.1) is 0 Å². The van der Waals surface area contributed by atoms with Gasteiger partial charge in [-0.1, -0.05) is 42.0 Å². The molecule has 0 aromatic heterocycles. The molecule has 2 aromatic carbocycles. The summed E-state index contributed by atoms with van der Waals surface area (Å²) in [4.78, 5) is 13.3. The highest BCUT2D eigenvalue weighted by Gasteiger charge is 2.51. The zero-order valence-electron chi connectivity index (χ0n) is 15.9. The lowest BCUT2D eigenvalue weighted by molar-refractivity contribution is -0.126. The van der Waals surface area contributed by atoms with Gasteiger partial charge in [-0.2, -0.15) is 0 Å². The molecule has 1 aliphatic heterocycles. The van der Waals surface area contributed by atoms with E-state index in [1.807, 2.05) is 6.92 Å². The van der Waals surface area contributed by atoms with Gasteiger partial charge < -0.3 is 0 Å². The first-order valence-electron chi connectivity index (χ1n) is 9.36. The average molecular weight is 432 g/mol. The molecule has 0 spiro atoms. The zero-order chi connectivity index (χ0) is 20.8. The average Bonchev–Trinajstić information content (AvgIpc) is 3.06. The predicted octanol–water partition coefficient (Wildman–Crippen LogP) is 2.91. The minimum absolute atomic E-state index is 0.00135. The first-order valence-corrected chi connectivity index (χ1v) is 12.3. The van der Waals surface area contributed by atoms with Gasteiger partial charge in [0.2, 0.25) is 15.7 Å². The second kappa shape index (κ2) is 7.11. The summed E-state index contributed by atoms with van der Waals surface area (Å²) in [5.41, 5.74) is 0.907. The maximum atomic E-state index is 13.2. The molecule has 1 heterocycles. The Hall–Kier alpha value is -2.45. The molecule has 29 heavy (non-hydrogen) atoms. The van der Waals surface area contributed by atoms with Crippen molar-refractivity contribution in [1.29, 1.82) is 0 Å². The largest absolute Gasteiger partial charge is 0.273 e. The highest BCUT2D eigenvalue weighted by Crippen LogP contribution is 2.43. The van der Waals surface area contributed by atoms with Crippen molar-refractivity contribution in [1.82, 2.24) is 4.31 Å². The number of sulfonamides is 1. The Morgan fingerprint density at radius 1 is 0.897 bits per heavy atom. The van der Waals surface area contributed by atoms with Crippen LogP contribution in [0.4, 0.5) is 0 Å². The molecular weight excluding hydrogens is 410 g/mol. The topological polar surface area (TPSA) is 88.6 Å². The number of amides is 1. The van der Waals surface area contributed by atoms with E-state index in [4.69, 9.17) is 0 Å². The smallest absolute Gasteiger partial charge is 0.266 e. The molecule has 1 saturated heterocycles. The monoisotopic (exact) mass is 431 g/mol. The highest BCUT2D eigenvalue weighted by molar-refractivity contribution is 7.95. The standard InChI is InChI=1S/C21H21NO5S2/c1-15-10-12-18(13-11-15)29(26,27)22-14-16-6-5-9-19(20(16)21(22)23)28(24,25)17-7-3-2-4-8-17/h2-4,7-13,16,20H,5-6,14H2,1H3/t16-,20+/m0/s1. The van der Waals surface area contributed by atoms with E-state index in [1.165, 1.54) is 24.3 Å². The Bertz CT molecular complexity index is 1180. The van der Waals surface area contributed by atoms with E-state index in [1.54, 1.807) is 36.4 Å². The number of allylic oxidation sites excluding steroid dienone is 1. The molecule has 0 radical (unpaired) electrons. The van der Waals surface area contributed by atoms with Crippen molar-refractivity contribution in [2.24, 2.45) is 11.8 Å². The van der Waals surface area contributed by atoms with Gasteiger partial charge in [0.15, 0.2) is 0 Å². The number of nitrogens with zero attached hydrogens (tertiary/aromatic N) is 1. The van der Waals surface area contributed by atoms with Gasteiger partial charge in [-0.05, 0) is 49.9 Å². The van der Waals surface area contributed by atoms with Gasteiger partial charge in [0, 0.05) is 6.54 Å². The number of carbonyl (C=O) groups is 1. The molecular formula is C21H21NO5S2. The third kappa shape index (κ3) is 3.30. The number of fused-ring (bicyclic) bond motifs is 1. The molecule has 2 aliphatic rings. The van der Waals surface area contributed by atoms with Crippen LogP contribution in [0.1, 0.15) is 18.4 Å². The van der Waals surface area contributed by atoms with Crippen LogP contribution in [0.2, 0.25) is 0 Å². The Balaban J connectivity index is 1.72. The van der Waals surface area contributed by atoms with Gasteiger partial charge in [0.25, 0.3) is 10.0 Å². The van der Waals surface area contributed by atoms with Crippen LogP contribution in [0, 0.1) is 18.8 Å². The lowest BCUT2D eigenvalue weighted by Gasteiger charge is -2.23. The van der Waals surface area contributed by atoms with Crippen LogP contribution in [0.5, 0.6) is 0 Å². The summed E-state index contributed by atoms with van der Waals surface area (Å²) in [6, 6.07) is 14.2. The number of aryl methyl sites for hydroxylation is 1. The minimum atomic E-state index is -4.03. The fraction of sp³-hybridized carbons (Fsp3) is 0.286. The van der Waals surface area contributed by atoms with E-state index in [0.717, 1.165) is 9.87 Å². The molecule has 0 N–H and O–H groups in total. The molecule has 1 fully saturated rings. The minimum Gasteiger partial charge on any atom is -0.273 e. The van der Waals surface area contributed by atoms with Crippen LogP contribution in [-0.4, -0.2) is 33.6 Å². The van der Waals surface area contributed by atoms with Crippen LogP contribution in [0.3, 0.4) is 0 Å². The lowest BCUT2D eigenvalue weighted by Crippen LogP contribution is -2.34. The fourth-order valence-corrected chi connectivity index (χ4v) is 7.24. The van der Waals surface area contributed by atoms with E-state index in [0.29, 0.717) is 12.8 Å². The highest BCUT2D eigenvalue weighted by atomic mass is 32.2. The van der Waals surface area contributed by atoms with Crippen molar-refractivity contribution < 1.29 is 21.6 Å². The number of rotatable bonds is 4. The molecule has 4 rings (SSSR count). The maximum Gasteiger partial charge on any atom is 0.266 e. The van der Waals surface area contributed by atoms with E-state index < -0.39 is 31.7 Å². The van der Waals surface area contributed by atoms with Gasteiger partial charge in [-0.3, -0.25) is 4.79 Å². The van der Waals surface area contributed by atoms with Crippen molar-refractivity contribution in [3.05, 3.63) is 71.1 Å². The third-order valence-electron chi connectivity index (χ3n) is 5.55. The predicted molar refractivity (Wildman–Crippen MR) is 108 cm³/mol. The van der Waals surface area contributed by atoms with E-state index in [-0.39, 0.29) is 27.2 Å². The van der Waals surface area contributed by atoms with Gasteiger partial charge in [-0.25, -0.2) is 21.1 Å². The Morgan fingerprint density at radius 2 is 1.55 bits per heavy atom. The Labute approximate surface area is 170 Å². The number of hydrogen-bond acceptors (Lipinski definition) is 5. The van der Waals surface area contributed by atoms with Crippen molar-refractivity contribution in [3.63, 3.8) is 0 Å². The second-order valence-electron chi connectivity index (χ2n) is 7.43. The van der Waals surface area contributed by atoms with Gasteiger partial charge in [0.1, 0.15) is 0 Å². The molecule has 0 unspecified atom stereocenters. The van der Waals surface area contributed by atoms with Crippen LogP contribution in [-0.2, 0) is 24.7 Å². The van der Waals surface area contributed by atoms with Gasteiger partial charge >= 0.3 is 0 Å². The summed E-state index contributed by atoms with van der Waals surface area (Å²) >= 11 is 0. The Kier molecular flexibility index (Phi) is 4.86. The summed E-state index contributed by atoms with van der Waals surface area (Å²) in [5.74, 6) is -1.98. The van der Waals surface area contributed by atoms with Crippen LogP contribution in [0.15, 0.2) is 75.4 Å². The first kappa shape index (κ1) is 19.8. The maximum absolute atomic E-state index is 13.2. The van der Waals surface area contributed by atoms with Crippen molar-refractivity contribution >= 4 is 25.8 Å². The number of hydrogen-bond donors (Lipinski definition) is 0. The number of benzene rings is 2. The molecule has 2 aromatic rings. The molecule has 0 bridgehead atoms. The molecule has 0 saturated carbocycles. The van der Waals surface area contributed by atoms with Crippen molar-refractivity contribution in [3.8, 4) is 0 Å². The van der Waals surface area contributed by atoms with Gasteiger partial charge in [0.05, 0.1) is 20.6 Å². The van der Waals surface area contributed by atoms with E-state index in [2.05, 4.69) is 0 Å². The second-order valence-corrected chi connectivity index (χ2v) is 11.2. The zero-order valence-corrected chi connectivity index (χ0v) is 17.5. The lowest BCUT2D eigenvalue weighted by atomic mass is 9.86. The quantitative estimate of drug-likeness (QED) is 0.743. The van der Waals surface area contributed by atoms with Crippen LogP contribution >= 0.6 is 0 Å². The number of carbonyl (C=O) groups excluding carboxylic acids is 1. The van der Waals surface area contributed by atoms with E-state index >= 15 is 0 Å². The SMILES string of the molecule is Cc1ccc(S(=O)(=O)N2C[C@@H]3CCC=C(S(=O)(=O)c4ccccc4)[C@@H]3C2=O)cc1. The summed E-state index contributed by atoms with van der Waals surface area (Å²) in [7, 11) is -7.90. The summed E-state index contributed by atoms with van der Waals surface area (Å²) in [6.07, 6.45) is 2.64. The number of sulfone groups is 1. The van der Waals surface area contributed by atoms with Crippen LogP contribution < -0.4 is 0 Å². The molecule has 152 valence electrons. The van der Waals surface area contributed by atoms with Crippen LogP contribution in [0.25, 0.3) is 0 Å². The molecule has 2 atom stereocenters. The normalized spacial score (nSPS) is 22.3. The summed E-state index contributed by atoms with van der Waals surface area (Å²) < 4.78 is 53.3. The fourth-order valence-electron chi connectivity index (χ4n) is 4.01. The summed E-state index contributed by atoms with van der Waals surface area (Å²) in [5, 5.41) is 0. The summed E-state index contributed by atoms with van der Waals surface area (Å²) in [6.45, 7) is 1.85. The van der Waals surface area contributed by atoms with Crippen molar-refractivity contribution in [2.75, 3.05) is 6.54 Å². The molecule has 6 nitrogen and oxygen atoms in total. The Morgan fingerprint density at radius 3 is 2.21 bits per heavy atom. The van der Waals surface area contributed by atoms with Crippen molar-refractivity contribution in [2.45, 2.75) is 29.6 Å². The van der Waals surface area contributed by atoms with E-state index in [9.17, 15) is 21.6 Å². The third-order valence-corrected chi connectivity index (χ3v) is 9.26. The molecule has 8 heteroatoms. The molecule has 1 amide bonds. The first-order chi connectivity index (χ1) is 13.7. The molecule has 1 aliphatic carbocycles.